The second-order valence-corrected chi connectivity index (χ2v) is 10.5. The van der Waals surface area contributed by atoms with Crippen LogP contribution in [0.5, 0.6) is 0 Å². The van der Waals surface area contributed by atoms with Gasteiger partial charge in [0.1, 0.15) is 0 Å². The molecule has 0 aliphatic carbocycles. The number of likely N-dealkylation sites (N-methyl/N-ethyl adjacent to an activating group) is 1. The maximum atomic E-state index is 13.4. The molecular formula is C31H40N4O4. The van der Waals surface area contributed by atoms with Gasteiger partial charge in [-0.25, -0.2) is 9.59 Å². The Morgan fingerprint density at radius 1 is 0.974 bits per heavy atom. The number of aryl methyl sites for hydroxylation is 1. The fourth-order valence-electron chi connectivity index (χ4n) is 5.18. The lowest BCUT2D eigenvalue weighted by Gasteiger charge is -2.40. The minimum Gasteiger partial charge on any atom is -0.463 e. The van der Waals surface area contributed by atoms with Crippen molar-refractivity contribution in [3.63, 3.8) is 0 Å². The second-order valence-electron chi connectivity index (χ2n) is 10.5. The molecule has 3 amide bonds. The van der Waals surface area contributed by atoms with Crippen LogP contribution in [0.3, 0.4) is 0 Å². The van der Waals surface area contributed by atoms with Crippen LogP contribution < -0.4 is 5.32 Å². The molecule has 2 aliphatic heterocycles. The maximum Gasteiger partial charge on any atom is 0.338 e. The van der Waals surface area contributed by atoms with Gasteiger partial charge in [-0.3, -0.25) is 14.6 Å². The molecule has 2 aromatic rings. The zero-order chi connectivity index (χ0) is 28.1. The smallest absolute Gasteiger partial charge is 0.338 e. The number of amides is 3. The van der Waals surface area contributed by atoms with Crippen LogP contribution in [0.15, 0.2) is 59.8 Å². The molecule has 0 saturated carbocycles. The summed E-state index contributed by atoms with van der Waals surface area (Å²) in [4.78, 5) is 45.3. The number of hydrogen-bond acceptors (Lipinski definition) is 5. The van der Waals surface area contributed by atoms with E-state index >= 15 is 0 Å². The normalized spacial score (nSPS) is 18.4. The first-order valence-electron chi connectivity index (χ1n) is 13.9. The molecule has 4 rings (SSSR count). The SMILES string of the molecule is CCOC(=O)C1=C(CN2CCN(C(=O)c3ccc(C)cc3)CC2)N(CC)C(=O)NC1c1ccc(C(C)C)cc1. The molecule has 1 atom stereocenters. The van der Waals surface area contributed by atoms with Crippen molar-refractivity contribution in [2.75, 3.05) is 45.9 Å². The Kier molecular flexibility index (Phi) is 9.07. The molecule has 208 valence electrons. The number of nitrogens with one attached hydrogen (secondary N) is 1. The van der Waals surface area contributed by atoms with E-state index in [0.717, 1.165) is 11.1 Å². The highest BCUT2D eigenvalue weighted by Crippen LogP contribution is 2.33. The number of urea groups is 1. The molecule has 1 saturated heterocycles. The van der Waals surface area contributed by atoms with Gasteiger partial charge in [0.05, 0.1) is 18.2 Å². The van der Waals surface area contributed by atoms with E-state index in [1.54, 1.807) is 11.8 Å². The molecule has 39 heavy (non-hydrogen) atoms. The molecule has 0 aromatic heterocycles. The van der Waals surface area contributed by atoms with E-state index in [0.29, 0.717) is 62.0 Å². The number of ether oxygens (including phenoxy) is 1. The number of benzene rings is 2. The largest absolute Gasteiger partial charge is 0.463 e. The van der Waals surface area contributed by atoms with Gasteiger partial charge in [0.15, 0.2) is 0 Å². The van der Waals surface area contributed by atoms with E-state index < -0.39 is 12.0 Å². The highest BCUT2D eigenvalue weighted by Gasteiger charge is 2.38. The number of nitrogens with zero attached hydrogens (tertiary/aromatic N) is 3. The van der Waals surface area contributed by atoms with Crippen LogP contribution in [-0.4, -0.2) is 78.5 Å². The standard InChI is InChI=1S/C31H40N4O4/c1-6-35-26(20-33-16-18-34(19-17-33)29(36)25-10-8-22(5)9-11-25)27(30(37)39-7-2)28(32-31(35)38)24-14-12-23(13-15-24)21(3)4/h8-15,21,28H,6-7,16-20H2,1-5H3,(H,32,38). The molecule has 1 N–H and O–H groups in total. The fraction of sp³-hybridized carbons (Fsp3) is 0.452. The zero-order valence-electron chi connectivity index (χ0n) is 23.7. The first kappa shape index (κ1) is 28.4. The molecule has 1 fully saturated rings. The number of esters is 1. The minimum atomic E-state index is -0.597. The number of carbonyl (C=O) groups is 3. The minimum absolute atomic E-state index is 0.0261. The third-order valence-electron chi connectivity index (χ3n) is 7.52. The summed E-state index contributed by atoms with van der Waals surface area (Å²) in [5.74, 6) is -0.0157. The summed E-state index contributed by atoms with van der Waals surface area (Å²) in [6.45, 7) is 13.5. The van der Waals surface area contributed by atoms with Gasteiger partial charge in [-0.2, -0.15) is 0 Å². The molecule has 2 heterocycles. The van der Waals surface area contributed by atoms with Gasteiger partial charge in [0.2, 0.25) is 0 Å². The number of hydrogen-bond donors (Lipinski definition) is 1. The lowest BCUT2D eigenvalue weighted by atomic mass is 9.92. The molecule has 1 unspecified atom stereocenters. The molecule has 8 nitrogen and oxygen atoms in total. The topological polar surface area (TPSA) is 82.2 Å². The summed E-state index contributed by atoms with van der Waals surface area (Å²) in [5, 5.41) is 3.04. The van der Waals surface area contributed by atoms with E-state index in [1.807, 2.05) is 67.3 Å². The van der Waals surface area contributed by atoms with Crippen LogP contribution in [0, 0.1) is 6.92 Å². The van der Waals surface area contributed by atoms with Crippen LogP contribution in [0.1, 0.15) is 66.7 Å². The van der Waals surface area contributed by atoms with Gasteiger partial charge < -0.3 is 15.0 Å². The van der Waals surface area contributed by atoms with E-state index in [-0.39, 0.29) is 18.5 Å². The van der Waals surface area contributed by atoms with Crippen molar-refractivity contribution in [2.24, 2.45) is 0 Å². The molecule has 0 spiro atoms. The van der Waals surface area contributed by atoms with E-state index in [9.17, 15) is 14.4 Å². The van der Waals surface area contributed by atoms with Crippen molar-refractivity contribution in [1.29, 1.82) is 0 Å². The van der Waals surface area contributed by atoms with Gasteiger partial charge in [-0.15, -0.1) is 0 Å². The molecule has 2 aliphatic rings. The van der Waals surface area contributed by atoms with Crippen molar-refractivity contribution in [2.45, 2.75) is 46.6 Å². The Hall–Kier alpha value is -3.65. The highest BCUT2D eigenvalue weighted by atomic mass is 16.5. The lowest BCUT2D eigenvalue weighted by Crippen LogP contribution is -2.53. The summed E-state index contributed by atoms with van der Waals surface area (Å²) >= 11 is 0. The Balaban J connectivity index is 1.59. The average Bonchev–Trinajstić information content (AvgIpc) is 2.93. The number of carbonyl (C=O) groups excluding carboxylic acids is 3. The van der Waals surface area contributed by atoms with Gasteiger partial charge >= 0.3 is 12.0 Å². The third kappa shape index (κ3) is 6.33. The maximum absolute atomic E-state index is 13.4. The number of piperazine rings is 1. The lowest BCUT2D eigenvalue weighted by molar-refractivity contribution is -0.139. The first-order chi connectivity index (χ1) is 18.7. The fourth-order valence-corrected chi connectivity index (χ4v) is 5.18. The van der Waals surface area contributed by atoms with E-state index in [2.05, 4.69) is 24.1 Å². The summed E-state index contributed by atoms with van der Waals surface area (Å²) in [5.41, 5.74) is 4.97. The second kappa shape index (κ2) is 12.5. The Bertz CT molecular complexity index is 1210. The summed E-state index contributed by atoms with van der Waals surface area (Å²) in [7, 11) is 0. The van der Waals surface area contributed by atoms with Crippen LogP contribution in [0.4, 0.5) is 4.79 Å². The van der Waals surface area contributed by atoms with Crippen LogP contribution in [-0.2, 0) is 9.53 Å². The average molecular weight is 533 g/mol. The molecular weight excluding hydrogens is 492 g/mol. The predicted molar refractivity (Wildman–Crippen MR) is 151 cm³/mol. The predicted octanol–water partition coefficient (Wildman–Crippen LogP) is 4.48. The van der Waals surface area contributed by atoms with Gasteiger partial charge in [-0.1, -0.05) is 55.8 Å². The van der Waals surface area contributed by atoms with E-state index in [1.165, 1.54) is 5.56 Å². The van der Waals surface area contributed by atoms with Crippen molar-refractivity contribution in [3.05, 3.63) is 82.1 Å². The van der Waals surface area contributed by atoms with Gasteiger partial charge in [0, 0.05) is 50.5 Å². The Morgan fingerprint density at radius 2 is 1.62 bits per heavy atom. The zero-order valence-corrected chi connectivity index (χ0v) is 23.7. The Morgan fingerprint density at radius 3 is 2.18 bits per heavy atom. The van der Waals surface area contributed by atoms with Crippen LogP contribution in [0.2, 0.25) is 0 Å². The molecule has 8 heteroatoms. The van der Waals surface area contributed by atoms with Crippen molar-refractivity contribution < 1.29 is 19.1 Å². The first-order valence-corrected chi connectivity index (χ1v) is 13.9. The van der Waals surface area contributed by atoms with Crippen molar-refractivity contribution >= 4 is 17.9 Å². The Labute approximate surface area is 231 Å². The third-order valence-corrected chi connectivity index (χ3v) is 7.52. The highest BCUT2D eigenvalue weighted by molar-refractivity contribution is 5.95. The summed E-state index contributed by atoms with van der Waals surface area (Å²) < 4.78 is 5.50. The van der Waals surface area contributed by atoms with E-state index in [4.69, 9.17) is 4.74 Å². The quantitative estimate of drug-likeness (QED) is 0.507. The monoisotopic (exact) mass is 532 g/mol. The molecule has 0 radical (unpaired) electrons. The van der Waals surface area contributed by atoms with Crippen molar-refractivity contribution in [3.8, 4) is 0 Å². The van der Waals surface area contributed by atoms with Crippen molar-refractivity contribution in [1.82, 2.24) is 20.0 Å². The summed E-state index contributed by atoms with van der Waals surface area (Å²) in [6.07, 6.45) is 0. The van der Waals surface area contributed by atoms with Gasteiger partial charge in [0.25, 0.3) is 5.91 Å². The van der Waals surface area contributed by atoms with Crippen LogP contribution >= 0.6 is 0 Å². The molecule has 2 aromatic carbocycles. The molecule has 0 bridgehead atoms. The van der Waals surface area contributed by atoms with Gasteiger partial charge in [-0.05, 0) is 49.9 Å². The summed E-state index contributed by atoms with van der Waals surface area (Å²) in [6, 6.07) is 14.9. The number of rotatable bonds is 8. The van der Waals surface area contributed by atoms with Crippen LogP contribution in [0.25, 0.3) is 0 Å².